The summed E-state index contributed by atoms with van der Waals surface area (Å²) in [5.74, 6) is -4.88. The number of ether oxygens (including phenoxy) is 4. The largest absolute Gasteiger partial charge is 0.463 e. The zero-order valence-corrected chi connectivity index (χ0v) is 21.8. The standard InChI is InChI=1S/C26H34N2O9/c1-6-17-21(37-23(30)13(2)3)15(5)35-26(33)18(12-34-25(17)32)28-22(29)19-20(14(4)10-11-27-19)36-24(31)16-8-7-9-16/h10-11,13,15-18,21H,6-9,12H2,1-5H3,(H,28,29). The molecule has 1 saturated carbocycles. The molecule has 37 heavy (non-hydrogen) atoms. The van der Waals surface area contributed by atoms with E-state index < -0.39 is 66.5 Å². The molecule has 1 N–H and O–H groups in total. The summed E-state index contributed by atoms with van der Waals surface area (Å²) in [6, 6.07) is 0.231. The molecule has 1 aliphatic carbocycles. The van der Waals surface area contributed by atoms with Crippen molar-refractivity contribution in [3.63, 3.8) is 0 Å². The molecule has 0 bridgehead atoms. The Morgan fingerprint density at radius 3 is 2.49 bits per heavy atom. The number of hydrogen-bond donors (Lipinski definition) is 1. The van der Waals surface area contributed by atoms with Gasteiger partial charge in [0.15, 0.2) is 23.6 Å². The average molecular weight is 519 g/mol. The van der Waals surface area contributed by atoms with E-state index in [0.29, 0.717) is 5.56 Å². The smallest absolute Gasteiger partial charge is 0.332 e. The summed E-state index contributed by atoms with van der Waals surface area (Å²) in [6.45, 7) is 7.70. The average Bonchev–Trinajstić information content (AvgIpc) is 2.83. The SMILES string of the molecule is CCC1C(=O)OCC(NC(=O)c2nccc(C)c2OC(=O)C2CCC2)C(=O)OC(C)C1OC(=O)C(C)C. The van der Waals surface area contributed by atoms with Crippen LogP contribution in [0.15, 0.2) is 12.3 Å². The van der Waals surface area contributed by atoms with E-state index in [1.54, 1.807) is 33.8 Å². The second-order valence-corrected chi connectivity index (χ2v) is 9.72. The fourth-order valence-electron chi connectivity index (χ4n) is 3.97. The van der Waals surface area contributed by atoms with Gasteiger partial charge in [0.2, 0.25) is 0 Å². The molecular weight excluding hydrogens is 484 g/mol. The number of nitrogens with one attached hydrogen (secondary N) is 1. The van der Waals surface area contributed by atoms with Crippen LogP contribution in [0.2, 0.25) is 0 Å². The Morgan fingerprint density at radius 2 is 1.89 bits per heavy atom. The van der Waals surface area contributed by atoms with Crippen molar-refractivity contribution in [1.29, 1.82) is 0 Å². The quantitative estimate of drug-likeness (QED) is 0.421. The van der Waals surface area contributed by atoms with Gasteiger partial charge in [-0.1, -0.05) is 27.2 Å². The molecule has 11 nitrogen and oxygen atoms in total. The highest BCUT2D eigenvalue weighted by Gasteiger charge is 2.41. The molecule has 1 amide bonds. The van der Waals surface area contributed by atoms with E-state index in [2.05, 4.69) is 10.3 Å². The second-order valence-electron chi connectivity index (χ2n) is 9.72. The van der Waals surface area contributed by atoms with Gasteiger partial charge in [-0.2, -0.15) is 0 Å². The first kappa shape index (κ1) is 28.1. The molecule has 0 aromatic carbocycles. The topological polar surface area (TPSA) is 147 Å². The molecule has 1 aromatic heterocycles. The third-order valence-electron chi connectivity index (χ3n) is 6.57. The normalized spacial score (nSPS) is 24.5. The van der Waals surface area contributed by atoms with Crippen molar-refractivity contribution in [1.82, 2.24) is 10.3 Å². The molecular formula is C26H34N2O9. The van der Waals surface area contributed by atoms with Crippen molar-refractivity contribution in [3.8, 4) is 5.75 Å². The number of amides is 1. The van der Waals surface area contributed by atoms with Crippen LogP contribution < -0.4 is 10.1 Å². The monoisotopic (exact) mass is 518 g/mol. The molecule has 2 heterocycles. The van der Waals surface area contributed by atoms with Crippen molar-refractivity contribution in [2.75, 3.05) is 6.61 Å². The van der Waals surface area contributed by atoms with Gasteiger partial charge >= 0.3 is 23.9 Å². The van der Waals surface area contributed by atoms with Crippen LogP contribution in [0.5, 0.6) is 5.75 Å². The lowest BCUT2D eigenvalue weighted by Crippen LogP contribution is -2.47. The first-order valence-electron chi connectivity index (χ1n) is 12.6. The summed E-state index contributed by atoms with van der Waals surface area (Å²) < 4.78 is 21.8. The van der Waals surface area contributed by atoms with E-state index in [-0.39, 0.29) is 23.8 Å². The first-order valence-corrected chi connectivity index (χ1v) is 12.6. The number of esters is 4. The van der Waals surface area contributed by atoms with Crippen LogP contribution in [-0.4, -0.2) is 59.6 Å². The maximum atomic E-state index is 13.1. The van der Waals surface area contributed by atoms with Crippen LogP contribution in [-0.2, 0) is 33.4 Å². The lowest BCUT2D eigenvalue weighted by Gasteiger charge is -2.29. The number of aryl methyl sites for hydroxylation is 1. The maximum Gasteiger partial charge on any atom is 0.332 e. The minimum absolute atomic E-state index is 0.00501. The van der Waals surface area contributed by atoms with E-state index in [1.807, 2.05) is 0 Å². The van der Waals surface area contributed by atoms with E-state index in [0.717, 1.165) is 19.3 Å². The predicted octanol–water partition coefficient (Wildman–Crippen LogP) is 2.28. The van der Waals surface area contributed by atoms with Gasteiger partial charge in [0.05, 0.1) is 17.8 Å². The third-order valence-corrected chi connectivity index (χ3v) is 6.57. The van der Waals surface area contributed by atoms with Crippen molar-refractivity contribution in [2.24, 2.45) is 17.8 Å². The van der Waals surface area contributed by atoms with Crippen LogP contribution >= 0.6 is 0 Å². The molecule has 11 heteroatoms. The molecule has 202 valence electrons. The van der Waals surface area contributed by atoms with E-state index in [9.17, 15) is 24.0 Å². The summed E-state index contributed by atoms with van der Waals surface area (Å²) in [5.41, 5.74) is 0.334. The van der Waals surface area contributed by atoms with Gasteiger partial charge < -0.3 is 24.3 Å². The number of nitrogens with zero attached hydrogens (tertiary/aromatic N) is 1. The minimum atomic E-state index is -1.37. The number of aromatic nitrogens is 1. The molecule has 0 radical (unpaired) electrons. The number of pyridine rings is 1. The number of cyclic esters (lactones) is 2. The highest BCUT2D eigenvalue weighted by atomic mass is 16.6. The van der Waals surface area contributed by atoms with Crippen molar-refractivity contribution in [2.45, 2.75) is 78.6 Å². The van der Waals surface area contributed by atoms with Crippen molar-refractivity contribution >= 4 is 29.8 Å². The number of carbonyl (C=O) groups excluding carboxylic acids is 5. The molecule has 2 fully saturated rings. The summed E-state index contributed by atoms with van der Waals surface area (Å²) >= 11 is 0. The summed E-state index contributed by atoms with van der Waals surface area (Å²) in [7, 11) is 0. The van der Waals surface area contributed by atoms with Crippen LogP contribution in [0.4, 0.5) is 0 Å². The van der Waals surface area contributed by atoms with Crippen molar-refractivity contribution < 1.29 is 42.9 Å². The Kier molecular flexibility index (Phi) is 9.23. The molecule has 0 spiro atoms. The van der Waals surface area contributed by atoms with Crippen LogP contribution in [0.25, 0.3) is 0 Å². The van der Waals surface area contributed by atoms with Gasteiger partial charge in [-0.15, -0.1) is 0 Å². The highest BCUT2D eigenvalue weighted by molar-refractivity contribution is 5.98. The van der Waals surface area contributed by atoms with E-state index >= 15 is 0 Å². The van der Waals surface area contributed by atoms with Crippen molar-refractivity contribution in [3.05, 3.63) is 23.5 Å². The minimum Gasteiger partial charge on any atom is -0.463 e. The zero-order chi connectivity index (χ0) is 27.3. The second kappa shape index (κ2) is 12.2. The molecule has 4 unspecified atom stereocenters. The lowest BCUT2D eigenvalue weighted by atomic mass is 9.86. The van der Waals surface area contributed by atoms with Crippen LogP contribution in [0, 0.1) is 24.7 Å². The molecule has 1 aromatic rings. The Bertz CT molecular complexity index is 1050. The van der Waals surface area contributed by atoms with E-state index in [4.69, 9.17) is 18.9 Å². The number of carbonyl (C=O) groups is 5. The molecule has 4 atom stereocenters. The molecule has 1 aliphatic heterocycles. The predicted molar refractivity (Wildman–Crippen MR) is 128 cm³/mol. The number of hydrogen-bond acceptors (Lipinski definition) is 10. The van der Waals surface area contributed by atoms with Gasteiger partial charge in [0.1, 0.15) is 12.7 Å². The fourth-order valence-corrected chi connectivity index (χ4v) is 3.97. The van der Waals surface area contributed by atoms with Crippen LogP contribution in [0.1, 0.15) is 69.4 Å². The fraction of sp³-hybridized carbons (Fsp3) is 0.615. The Balaban J connectivity index is 1.79. The summed E-state index contributed by atoms with van der Waals surface area (Å²) in [5, 5.41) is 2.47. The van der Waals surface area contributed by atoms with Gasteiger partial charge in [-0.3, -0.25) is 19.2 Å². The maximum absolute atomic E-state index is 13.1. The third kappa shape index (κ3) is 6.64. The zero-order valence-electron chi connectivity index (χ0n) is 21.8. The van der Waals surface area contributed by atoms with Gasteiger partial charge in [-0.05, 0) is 44.7 Å². The molecule has 2 aliphatic rings. The Hall–Kier alpha value is -3.50. The molecule has 1 saturated heterocycles. The van der Waals surface area contributed by atoms with Gasteiger partial charge in [-0.25, -0.2) is 9.78 Å². The van der Waals surface area contributed by atoms with E-state index in [1.165, 1.54) is 13.1 Å². The summed E-state index contributed by atoms with van der Waals surface area (Å²) in [4.78, 5) is 67.6. The lowest BCUT2D eigenvalue weighted by molar-refractivity contribution is -0.176. The van der Waals surface area contributed by atoms with Crippen LogP contribution in [0.3, 0.4) is 0 Å². The Labute approximate surface area is 215 Å². The molecule has 3 rings (SSSR count). The van der Waals surface area contributed by atoms with Gasteiger partial charge in [0.25, 0.3) is 5.91 Å². The summed E-state index contributed by atoms with van der Waals surface area (Å²) in [6.07, 6.45) is 2.01. The van der Waals surface area contributed by atoms with Gasteiger partial charge in [0, 0.05) is 6.20 Å². The Morgan fingerprint density at radius 1 is 1.19 bits per heavy atom. The highest BCUT2D eigenvalue weighted by Crippen LogP contribution is 2.30. The number of rotatable bonds is 7. The first-order chi connectivity index (χ1) is 17.5.